The third-order valence-electron chi connectivity index (χ3n) is 3.85. The summed E-state index contributed by atoms with van der Waals surface area (Å²) < 4.78 is 0. The third kappa shape index (κ3) is 3.93. The summed E-state index contributed by atoms with van der Waals surface area (Å²) in [5, 5.41) is 3.34. The number of aromatic nitrogens is 1. The molecule has 1 fully saturated rings. The molecule has 2 rings (SSSR count). The maximum atomic E-state index is 4.55. The molecule has 1 aromatic heterocycles. The summed E-state index contributed by atoms with van der Waals surface area (Å²) in [5.41, 5.74) is 1.38. The van der Waals surface area contributed by atoms with Gasteiger partial charge in [0.2, 0.25) is 0 Å². The second kappa shape index (κ2) is 7.49. The first-order valence-corrected chi connectivity index (χ1v) is 7.79. The molecular weight excluding hydrogens is 234 g/mol. The maximum absolute atomic E-state index is 4.55. The summed E-state index contributed by atoms with van der Waals surface area (Å²) in [6, 6.07) is 4.97. The number of nitrogens with one attached hydrogen (secondary N) is 1. The Labute approximate surface area is 117 Å². The van der Waals surface area contributed by atoms with Gasteiger partial charge in [-0.3, -0.25) is 4.90 Å². The van der Waals surface area contributed by atoms with E-state index in [1.54, 1.807) is 0 Å². The lowest BCUT2D eigenvalue weighted by Crippen LogP contribution is -2.34. The predicted octanol–water partition coefficient (Wildman–Crippen LogP) is 3.84. The van der Waals surface area contributed by atoms with Crippen molar-refractivity contribution in [3.8, 4) is 0 Å². The molecule has 1 aromatic rings. The summed E-state index contributed by atoms with van der Waals surface area (Å²) >= 11 is 0. The van der Waals surface area contributed by atoms with Crippen molar-refractivity contribution < 1.29 is 0 Å². The molecule has 1 aliphatic heterocycles. The van der Waals surface area contributed by atoms with Crippen molar-refractivity contribution in [2.75, 3.05) is 25.0 Å². The zero-order valence-corrected chi connectivity index (χ0v) is 12.4. The molecule has 1 aliphatic rings. The molecule has 3 nitrogen and oxygen atoms in total. The van der Waals surface area contributed by atoms with Crippen molar-refractivity contribution in [1.29, 1.82) is 0 Å². The van der Waals surface area contributed by atoms with Gasteiger partial charge in [0.05, 0.1) is 0 Å². The molecule has 0 radical (unpaired) electrons. The minimum absolute atomic E-state index is 0.585. The number of anilines is 1. The summed E-state index contributed by atoms with van der Waals surface area (Å²) in [4.78, 5) is 7.17. The van der Waals surface area contributed by atoms with E-state index < -0.39 is 0 Å². The zero-order chi connectivity index (χ0) is 13.5. The van der Waals surface area contributed by atoms with E-state index in [9.17, 15) is 0 Å². The van der Waals surface area contributed by atoms with Gasteiger partial charge in [-0.05, 0) is 50.4 Å². The van der Waals surface area contributed by atoms with E-state index in [0.29, 0.717) is 6.04 Å². The highest BCUT2D eigenvalue weighted by molar-refractivity contribution is 5.36. The van der Waals surface area contributed by atoms with Crippen molar-refractivity contribution in [2.45, 2.75) is 52.0 Å². The molecule has 0 aromatic carbocycles. The lowest BCUT2D eigenvalue weighted by atomic mass is 9.96. The van der Waals surface area contributed by atoms with Gasteiger partial charge in [0, 0.05) is 18.8 Å². The van der Waals surface area contributed by atoms with Gasteiger partial charge in [0.15, 0.2) is 0 Å². The molecule has 1 saturated heterocycles. The first-order chi connectivity index (χ1) is 9.35. The van der Waals surface area contributed by atoms with Gasteiger partial charge < -0.3 is 5.32 Å². The number of pyridine rings is 1. The molecule has 106 valence electrons. The lowest BCUT2D eigenvalue weighted by Gasteiger charge is -2.35. The van der Waals surface area contributed by atoms with Crippen molar-refractivity contribution >= 4 is 5.82 Å². The second-order valence-electron chi connectivity index (χ2n) is 5.45. The Morgan fingerprint density at radius 3 is 2.84 bits per heavy atom. The Bertz CT molecular complexity index is 359. The van der Waals surface area contributed by atoms with Gasteiger partial charge >= 0.3 is 0 Å². The van der Waals surface area contributed by atoms with Crippen molar-refractivity contribution in [2.24, 2.45) is 0 Å². The fraction of sp³-hybridized carbons (Fsp3) is 0.688. The van der Waals surface area contributed by atoms with Gasteiger partial charge in [0.25, 0.3) is 0 Å². The van der Waals surface area contributed by atoms with Crippen LogP contribution in [0.3, 0.4) is 0 Å². The van der Waals surface area contributed by atoms with Crippen LogP contribution in [0.4, 0.5) is 5.82 Å². The molecule has 1 N–H and O–H groups in total. The SMILES string of the molecule is CCCNc1ccc(C2CCCCN2CCC)cn1. The molecule has 2 heterocycles. The van der Waals surface area contributed by atoms with E-state index in [1.165, 1.54) is 44.3 Å². The standard InChI is InChI=1S/C16H27N3/c1-3-10-17-16-9-8-14(13-18-16)15-7-5-6-12-19(15)11-4-2/h8-9,13,15H,3-7,10-12H2,1-2H3,(H,17,18). The Kier molecular flexibility index (Phi) is 5.64. The van der Waals surface area contributed by atoms with Gasteiger partial charge in [-0.15, -0.1) is 0 Å². The molecule has 1 unspecified atom stereocenters. The number of nitrogens with zero attached hydrogens (tertiary/aromatic N) is 2. The van der Waals surface area contributed by atoms with Gasteiger partial charge in [-0.2, -0.15) is 0 Å². The van der Waals surface area contributed by atoms with Crippen molar-refractivity contribution in [3.05, 3.63) is 23.9 Å². The van der Waals surface area contributed by atoms with Gasteiger partial charge in [0.1, 0.15) is 5.82 Å². The van der Waals surface area contributed by atoms with Crippen LogP contribution in [0, 0.1) is 0 Å². The maximum Gasteiger partial charge on any atom is 0.125 e. The fourth-order valence-corrected chi connectivity index (χ4v) is 2.88. The number of hydrogen-bond donors (Lipinski definition) is 1. The van der Waals surface area contributed by atoms with Crippen LogP contribution in [0.15, 0.2) is 18.3 Å². The van der Waals surface area contributed by atoms with E-state index in [2.05, 4.69) is 47.4 Å². The molecule has 19 heavy (non-hydrogen) atoms. The highest BCUT2D eigenvalue weighted by atomic mass is 15.2. The predicted molar refractivity (Wildman–Crippen MR) is 81.5 cm³/mol. The van der Waals surface area contributed by atoms with Crippen molar-refractivity contribution in [1.82, 2.24) is 9.88 Å². The van der Waals surface area contributed by atoms with E-state index >= 15 is 0 Å². The largest absolute Gasteiger partial charge is 0.370 e. The molecule has 0 aliphatic carbocycles. The highest BCUT2D eigenvalue weighted by Gasteiger charge is 2.23. The van der Waals surface area contributed by atoms with Crippen LogP contribution >= 0.6 is 0 Å². The molecule has 1 atom stereocenters. The number of piperidine rings is 1. The van der Waals surface area contributed by atoms with Crippen LogP contribution < -0.4 is 5.32 Å². The first kappa shape index (κ1) is 14.3. The van der Waals surface area contributed by atoms with Crippen LogP contribution in [-0.2, 0) is 0 Å². The number of hydrogen-bond acceptors (Lipinski definition) is 3. The fourth-order valence-electron chi connectivity index (χ4n) is 2.88. The summed E-state index contributed by atoms with van der Waals surface area (Å²) in [5.74, 6) is 1.00. The van der Waals surface area contributed by atoms with Gasteiger partial charge in [-0.1, -0.05) is 26.3 Å². The van der Waals surface area contributed by atoms with Crippen LogP contribution in [0.25, 0.3) is 0 Å². The Morgan fingerprint density at radius 2 is 2.16 bits per heavy atom. The van der Waals surface area contributed by atoms with Crippen LogP contribution in [0.5, 0.6) is 0 Å². The monoisotopic (exact) mass is 261 g/mol. The average Bonchev–Trinajstić information content (AvgIpc) is 2.47. The van der Waals surface area contributed by atoms with E-state index in [4.69, 9.17) is 0 Å². The normalized spacial score (nSPS) is 20.4. The quantitative estimate of drug-likeness (QED) is 0.843. The molecule has 0 bridgehead atoms. The summed E-state index contributed by atoms with van der Waals surface area (Å²) in [6.07, 6.45) is 8.41. The number of rotatable bonds is 6. The molecule has 0 saturated carbocycles. The molecule has 0 spiro atoms. The Balaban J connectivity index is 2.02. The minimum Gasteiger partial charge on any atom is -0.370 e. The molecular formula is C16H27N3. The van der Waals surface area contributed by atoms with Gasteiger partial charge in [-0.25, -0.2) is 4.98 Å². The zero-order valence-electron chi connectivity index (χ0n) is 12.4. The topological polar surface area (TPSA) is 28.2 Å². The average molecular weight is 261 g/mol. The molecule has 0 amide bonds. The van der Waals surface area contributed by atoms with E-state index in [1.807, 2.05) is 0 Å². The highest BCUT2D eigenvalue weighted by Crippen LogP contribution is 2.30. The van der Waals surface area contributed by atoms with E-state index in [-0.39, 0.29) is 0 Å². The second-order valence-corrected chi connectivity index (χ2v) is 5.45. The first-order valence-electron chi connectivity index (χ1n) is 7.79. The number of likely N-dealkylation sites (tertiary alicyclic amines) is 1. The van der Waals surface area contributed by atoms with E-state index in [0.717, 1.165) is 18.8 Å². The lowest BCUT2D eigenvalue weighted by molar-refractivity contribution is 0.149. The Morgan fingerprint density at radius 1 is 1.26 bits per heavy atom. The molecule has 3 heteroatoms. The van der Waals surface area contributed by atoms with Crippen LogP contribution in [0.1, 0.15) is 57.6 Å². The van der Waals surface area contributed by atoms with Crippen molar-refractivity contribution in [3.63, 3.8) is 0 Å². The smallest absolute Gasteiger partial charge is 0.125 e. The van der Waals surface area contributed by atoms with Crippen LogP contribution in [0.2, 0.25) is 0 Å². The summed E-state index contributed by atoms with van der Waals surface area (Å²) in [6.45, 7) is 7.89. The Hall–Kier alpha value is -1.09. The third-order valence-corrected chi connectivity index (χ3v) is 3.85. The minimum atomic E-state index is 0.585. The van der Waals surface area contributed by atoms with Crippen LogP contribution in [-0.4, -0.2) is 29.5 Å². The summed E-state index contributed by atoms with van der Waals surface area (Å²) in [7, 11) is 0.